The smallest absolute Gasteiger partial charge is 0.248 e. The predicted molar refractivity (Wildman–Crippen MR) is 94.7 cm³/mol. The molecule has 4 nitrogen and oxygen atoms in total. The summed E-state index contributed by atoms with van der Waals surface area (Å²) in [6.07, 6.45) is 0.820. The first-order valence-corrected chi connectivity index (χ1v) is 8.44. The first-order chi connectivity index (χ1) is 11.7. The Bertz CT molecular complexity index is 645. The number of amides is 1. The van der Waals surface area contributed by atoms with E-state index in [1.54, 1.807) is 0 Å². The molecule has 1 aliphatic rings. The molecule has 2 N–H and O–H groups in total. The van der Waals surface area contributed by atoms with E-state index in [9.17, 15) is 4.79 Å². The predicted octanol–water partition coefficient (Wildman–Crippen LogP) is 2.20. The van der Waals surface area contributed by atoms with Crippen molar-refractivity contribution < 1.29 is 9.53 Å². The van der Waals surface area contributed by atoms with Gasteiger partial charge in [-0.05, 0) is 17.5 Å². The minimum absolute atomic E-state index is 0.0133. The van der Waals surface area contributed by atoms with Crippen molar-refractivity contribution in [1.82, 2.24) is 4.90 Å². The average molecular weight is 324 g/mol. The van der Waals surface area contributed by atoms with Gasteiger partial charge in [0, 0.05) is 25.0 Å². The SMILES string of the molecule is N[C@@H]1CN(C(=O)COCCc2ccccc2)C[C@H]1c1ccccc1. The van der Waals surface area contributed by atoms with Gasteiger partial charge in [-0.25, -0.2) is 0 Å². The Hall–Kier alpha value is -2.17. The number of hydrogen-bond donors (Lipinski definition) is 1. The zero-order valence-corrected chi connectivity index (χ0v) is 13.8. The summed E-state index contributed by atoms with van der Waals surface area (Å²) in [4.78, 5) is 14.1. The van der Waals surface area contributed by atoms with Gasteiger partial charge in [-0.1, -0.05) is 60.7 Å². The molecule has 0 aromatic heterocycles. The number of ether oxygens (including phenoxy) is 1. The van der Waals surface area contributed by atoms with Crippen LogP contribution >= 0.6 is 0 Å². The van der Waals surface area contributed by atoms with E-state index in [1.165, 1.54) is 11.1 Å². The normalized spacial score (nSPS) is 20.3. The Morgan fingerprint density at radius 3 is 2.42 bits per heavy atom. The Labute approximate surface area is 143 Å². The highest BCUT2D eigenvalue weighted by molar-refractivity contribution is 5.78. The number of nitrogens with two attached hydrogens (primary N) is 1. The summed E-state index contributed by atoms with van der Waals surface area (Å²) in [6, 6.07) is 20.3. The van der Waals surface area contributed by atoms with Crippen LogP contribution in [0.1, 0.15) is 17.0 Å². The van der Waals surface area contributed by atoms with Crippen molar-refractivity contribution in [3.8, 4) is 0 Å². The largest absolute Gasteiger partial charge is 0.371 e. The first kappa shape index (κ1) is 16.7. The molecule has 1 fully saturated rings. The number of likely N-dealkylation sites (tertiary alicyclic amines) is 1. The second-order valence-electron chi connectivity index (χ2n) is 6.27. The Balaban J connectivity index is 1.44. The fourth-order valence-corrected chi connectivity index (χ4v) is 3.17. The van der Waals surface area contributed by atoms with Crippen LogP contribution in [0, 0.1) is 0 Å². The summed E-state index contributed by atoms with van der Waals surface area (Å²) in [5.74, 6) is 0.233. The van der Waals surface area contributed by atoms with Gasteiger partial charge in [-0.2, -0.15) is 0 Å². The number of hydrogen-bond acceptors (Lipinski definition) is 3. The molecule has 2 atom stereocenters. The number of benzene rings is 2. The van der Waals surface area contributed by atoms with Gasteiger partial charge in [0.1, 0.15) is 6.61 Å². The molecule has 2 aromatic rings. The lowest BCUT2D eigenvalue weighted by Crippen LogP contribution is -2.34. The summed E-state index contributed by atoms with van der Waals surface area (Å²) in [7, 11) is 0. The first-order valence-electron chi connectivity index (χ1n) is 8.44. The van der Waals surface area contributed by atoms with E-state index in [-0.39, 0.29) is 24.5 Å². The van der Waals surface area contributed by atoms with Crippen LogP contribution in [0.3, 0.4) is 0 Å². The van der Waals surface area contributed by atoms with Crippen molar-refractivity contribution in [2.45, 2.75) is 18.4 Å². The number of rotatable bonds is 6. The third-order valence-electron chi connectivity index (χ3n) is 4.55. The fraction of sp³-hybridized carbons (Fsp3) is 0.350. The summed E-state index contributed by atoms with van der Waals surface area (Å²) in [5.41, 5.74) is 8.65. The van der Waals surface area contributed by atoms with Crippen molar-refractivity contribution in [3.05, 3.63) is 71.8 Å². The zero-order valence-electron chi connectivity index (χ0n) is 13.8. The summed E-state index contributed by atoms with van der Waals surface area (Å²) < 4.78 is 5.56. The molecule has 2 aromatic carbocycles. The van der Waals surface area contributed by atoms with Crippen molar-refractivity contribution in [1.29, 1.82) is 0 Å². The topological polar surface area (TPSA) is 55.6 Å². The summed E-state index contributed by atoms with van der Waals surface area (Å²) >= 11 is 0. The van der Waals surface area contributed by atoms with Crippen LogP contribution in [0.15, 0.2) is 60.7 Å². The highest BCUT2D eigenvalue weighted by Crippen LogP contribution is 2.26. The Kier molecular flexibility index (Phi) is 5.62. The maximum Gasteiger partial charge on any atom is 0.248 e. The molecule has 126 valence electrons. The van der Waals surface area contributed by atoms with Gasteiger partial charge < -0.3 is 15.4 Å². The van der Waals surface area contributed by atoms with Gasteiger partial charge in [-0.3, -0.25) is 4.79 Å². The molecule has 1 aliphatic heterocycles. The van der Waals surface area contributed by atoms with E-state index >= 15 is 0 Å². The van der Waals surface area contributed by atoms with Crippen molar-refractivity contribution >= 4 is 5.91 Å². The van der Waals surface area contributed by atoms with Crippen LogP contribution in [0.25, 0.3) is 0 Å². The molecule has 1 heterocycles. The van der Waals surface area contributed by atoms with E-state index in [0.29, 0.717) is 19.7 Å². The molecule has 3 rings (SSSR count). The Morgan fingerprint density at radius 2 is 1.71 bits per heavy atom. The highest BCUT2D eigenvalue weighted by Gasteiger charge is 2.33. The number of carbonyl (C=O) groups is 1. The van der Waals surface area contributed by atoms with E-state index < -0.39 is 0 Å². The molecule has 1 saturated heterocycles. The lowest BCUT2D eigenvalue weighted by molar-refractivity contribution is -0.135. The van der Waals surface area contributed by atoms with Crippen LogP contribution < -0.4 is 5.73 Å². The number of carbonyl (C=O) groups excluding carboxylic acids is 1. The van der Waals surface area contributed by atoms with Crippen molar-refractivity contribution in [2.75, 3.05) is 26.3 Å². The third kappa shape index (κ3) is 4.22. The molecule has 0 spiro atoms. The molecule has 0 aliphatic carbocycles. The van der Waals surface area contributed by atoms with Gasteiger partial charge >= 0.3 is 0 Å². The van der Waals surface area contributed by atoms with Crippen LogP contribution in [0.2, 0.25) is 0 Å². The summed E-state index contributed by atoms with van der Waals surface area (Å²) in [6.45, 7) is 1.95. The van der Waals surface area contributed by atoms with E-state index in [1.807, 2.05) is 41.3 Å². The van der Waals surface area contributed by atoms with Gasteiger partial charge in [0.15, 0.2) is 0 Å². The van der Waals surface area contributed by atoms with Crippen LogP contribution in [0.4, 0.5) is 0 Å². The maximum absolute atomic E-state index is 12.3. The van der Waals surface area contributed by atoms with Crippen molar-refractivity contribution in [3.63, 3.8) is 0 Å². The maximum atomic E-state index is 12.3. The molecule has 0 unspecified atom stereocenters. The van der Waals surface area contributed by atoms with Crippen LogP contribution in [-0.4, -0.2) is 43.2 Å². The standard InChI is InChI=1S/C20H24N2O2/c21-19-14-22(13-18(19)17-9-5-2-6-10-17)20(23)15-24-12-11-16-7-3-1-4-8-16/h1-10,18-19H,11-15,21H2/t18-,19+/m0/s1. The molecule has 1 amide bonds. The second-order valence-corrected chi connectivity index (χ2v) is 6.27. The summed E-state index contributed by atoms with van der Waals surface area (Å²) in [5, 5.41) is 0. The number of nitrogens with zero attached hydrogens (tertiary/aromatic N) is 1. The lowest BCUT2D eigenvalue weighted by atomic mass is 9.95. The molecule has 0 radical (unpaired) electrons. The minimum atomic E-state index is -0.0133. The van der Waals surface area contributed by atoms with Gasteiger partial charge in [0.25, 0.3) is 0 Å². The molecule has 0 bridgehead atoms. The monoisotopic (exact) mass is 324 g/mol. The van der Waals surface area contributed by atoms with Gasteiger partial charge in [0.05, 0.1) is 6.61 Å². The minimum Gasteiger partial charge on any atom is -0.371 e. The van der Waals surface area contributed by atoms with Gasteiger partial charge in [-0.15, -0.1) is 0 Å². The third-order valence-corrected chi connectivity index (χ3v) is 4.55. The zero-order chi connectivity index (χ0) is 16.8. The van der Waals surface area contributed by atoms with E-state index in [2.05, 4.69) is 24.3 Å². The van der Waals surface area contributed by atoms with Crippen LogP contribution in [-0.2, 0) is 16.0 Å². The van der Waals surface area contributed by atoms with E-state index in [4.69, 9.17) is 10.5 Å². The van der Waals surface area contributed by atoms with Crippen LogP contribution in [0.5, 0.6) is 0 Å². The molecular formula is C20H24N2O2. The molecule has 24 heavy (non-hydrogen) atoms. The van der Waals surface area contributed by atoms with E-state index in [0.717, 1.165) is 6.42 Å². The quantitative estimate of drug-likeness (QED) is 0.829. The highest BCUT2D eigenvalue weighted by atomic mass is 16.5. The second kappa shape index (κ2) is 8.08. The molecule has 0 saturated carbocycles. The van der Waals surface area contributed by atoms with Crippen molar-refractivity contribution in [2.24, 2.45) is 5.73 Å². The molecular weight excluding hydrogens is 300 g/mol. The van der Waals surface area contributed by atoms with Gasteiger partial charge in [0.2, 0.25) is 5.91 Å². The lowest BCUT2D eigenvalue weighted by Gasteiger charge is -2.16. The fourth-order valence-electron chi connectivity index (χ4n) is 3.17. The average Bonchev–Trinajstić information content (AvgIpc) is 3.02. The molecule has 4 heteroatoms. The Morgan fingerprint density at radius 1 is 1.04 bits per heavy atom.